The lowest BCUT2D eigenvalue weighted by molar-refractivity contribution is -0.130. The van der Waals surface area contributed by atoms with Crippen molar-refractivity contribution in [2.75, 3.05) is 32.8 Å². The second kappa shape index (κ2) is 7.74. The van der Waals surface area contributed by atoms with Gasteiger partial charge in [0.2, 0.25) is 5.91 Å². The van der Waals surface area contributed by atoms with Gasteiger partial charge in [-0.15, -0.1) is 0 Å². The highest BCUT2D eigenvalue weighted by atomic mass is 32.2. The normalized spacial score (nSPS) is 19.4. The smallest absolute Gasteiger partial charge is 0.286 e. The van der Waals surface area contributed by atoms with E-state index in [1.165, 1.54) is 11.8 Å². The molecule has 0 spiro atoms. The lowest BCUT2D eigenvalue weighted by Gasteiger charge is -2.34. The highest BCUT2D eigenvalue weighted by molar-refractivity contribution is 8.18. The van der Waals surface area contributed by atoms with E-state index in [0.717, 1.165) is 16.5 Å². The molecular formula is C18H21N3O3S. The van der Waals surface area contributed by atoms with Crippen LogP contribution in [0.25, 0.3) is 6.08 Å². The summed E-state index contributed by atoms with van der Waals surface area (Å²) >= 11 is 1.40. The summed E-state index contributed by atoms with van der Waals surface area (Å²) in [6.45, 7) is 6.90. The number of rotatable bonds is 3. The van der Waals surface area contributed by atoms with Gasteiger partial charge in [0.1, 0.15) is 5.75 Å². The fraction of sp³-hybridized carbons (Fsp3) is 0.389. The van der Waals surface area contributed by atoms with Crippen LogP contribution in [0.15, 0.2) is 34.2 Å². The Morgan fingerprint density at radius 2 is 1.92 bits per heavy atom. The van der Waals surface area contributed by atoms with Crippen LogP contribution in [0.1, 0.15) is 19.4 Å². The van der Waals surface area contributed by atoms with Crippen molar-refractivity contribution in [3.05, 3.63) is 34.7 Å². The van der Waals surface area contributed by atoms with E-state index in [1.807, 2.05) is 42.2 Å². The first kappa shape index (κ1) is 17.5. The number of aliphatic imine (C=N–C) groups is 1. The number of carbonyl (C=O) groups is 2. The second-order valence-corrected chi connectivity index (χ2v) is 6.81. The molecule has 2 aliphatic rings. The summed E-state index contributed by atoms with van der Waals surface area (Å²) < 4.78 is 5.42. The highest BCUT2D eigenvalue weighted by Crippen LogP contribution is 2.31. The molecular weight excluding hydrogens is 338 g/mol. The Hall–Kier alpha value is -2.28. The summed E-state index contributed by atoms with van der Waals surface area (Å²) in [7, 11) is 0. The molecule has 0 radical (unpaired) electrons. The van der Waals surface area contributed by atoms with E-state index in [1.54, 1.807) is 6.92 Å². The lowest BCUT2D eigenvalue weighted by Crippen LogP contribution is -2.49. The third-order valence-corrected chi connectivity index (χ3v) is 5.14. The zero-order chi connectivity index (χ0) is 17.8. The highest BCUT2D eigenvalue weighted by Gasteiger charge is 2.28. The molecule has 0 aliphatic carbocycles. The molecule has 2 heterocycles. The summed E-state index contributed by atoms with van der Waals surface area (Å²) in [5, 5.41) is 0.727. The summed E-state index contributed by atoms with van der Waals surface area (Å²) in [6.07, 6.45) is 1.85. The van der Waals surface area contributed by atoms with E-state index >= 15 is 0 Å². The van der Waals surface area contributed by atoms with Crippen molar-refractivity contribution in [2.24, 2.45) is 4.99 Å². The van der Waals surface area contributed by atoms with E-state index in [0.29, 0.717) is 37.7 Å². The zero-order valence-corrected chi connectivity index (χ0v) is 15.2. The number of amides is 2. The Balaban J connectivity index is 1.63. The minimum atomic E-state index is -0.206. The lowest BCUT2D eigenvalue weighted by atomic mass is 10.2. The number of ether oxygens (including phenoxy) is 1. The minimum absolute atomic E-state index is 0.0906. The second-order valence-electron chi connectivity index (χ2n) is 5.81. The average Bonchev–Trinajstić information content (AvgIpc) is 2.98. The van der Waals surface area contributed by atoms with Crippen LogP contribution in [-0.2, 0) is 9.59 Å². The molecule has 0 bridgehead atoms. The van der Waals surface area contributed by atoms with Gasteiger partial charge in [-0.1, -0.05) is 12.1 Å². The van der Waals surface area contributed by atoms with Crippen molar-refractivity contribution in [3.63, 3.8) is 0 Å². The van der Waals surface area contributed by atoms with Crippen LogP contribution in [0.4, 0.5) is 0 Å². The topological polar surface area (TPSA) is 62.2 Å². The van der Waals surface area contributed by atoms with Gasteiger partial charge in [0.25, 0.3) is 5.91 Å². The van der Waals surface area contributed by atoms with Crippen molar-refractivity contribution >= 4 is 34.8 Å². The Labute approximate surface area is 151 Å². The predicted octanol–water partition coefficient (Wildman–Crippen LogP) is 2.22. The van der Waals surface area contributed by atoms with E-state index in [2.05, 4.69) is 9.89 Å². The van der Waals surface area contributed by atoms with Crippen LogP contribution in [-0.4, -0.2) is 59.6 Å². The molecule has 132 valence electrons. The van der Waals surface area contributed by atoms with Gasteiger partial charge in [0, 0.05) is 33.1 Å². The molecule has 0 atom stereocenters. The molecule has 2 aliphatic heterocycles. The summed E-state index contributed by atoms with van der Waals surface area (Å²) in [4.78, 5) is 32.3. The maximum Gasteiger partial charge on any atom is 0.286 e. The first-order valence-corrected chi connectivity index (χ1v) is 9.14. The number of benzene rings is 1. The van der Waals surface area contributed by atoms with Gasteiger partial charge < -0.3 is 14.5 Å². The summed E-state index contributed by atoms with van der Waals surface area (Å²) in [6, 6.07) is 7.64. The maximum atomic E-state index is 12.2. The molecule has 3 rings (SSSR count). The Morgan fingerprint density at radius 1 is 1.24 bits per heavy atom. The number of nitrogens with zero attached hydrogens (tertiary/aromatic N) is 3. The number of thioether (sulfide) groups is 1. The fourth-order valence-electron chi connectivity index (χ4n) is 2.72. The molecule has 0 N–H and O–H groups in total. The van der Waals surface area contributed by atoms with E-state index in [9.17, 15) is 9.59 Å². The number of hydrogen-bond donors (Lipinski definition) is 0. The molecule has 1 saturated heterocycles. The third-order valence-electron chi connectivity index (χ3n) is 4.09. The molecule has 1 aromatic carbocycles. The molecule has 1 fully saturated rings. The van der Waals surface area contributed by atoms with Gasteiger partial charge in [-0.25, -0.2) is 0 Å². The van der Waals surface area contributed by atoms with E-state index in [4.69, 9.17) is 4.74 Å². The maximum absolute atomic E-state index is 12.2. The Kier molecular flexibility index (Phi) is 5.43. The van der Waals surface area contributed by atoms with Crippen molar-refractivity contribution in [1.82, 2.24) is 9.80 Å². The molecule has 6 nitrogen and oxygen atoms in total. The van der Waals surface area contributed by atoms with Gasteiger partial charge in [0.05, 0.1) is 11.5 Å². The van der Waals surface area contributed by atoms with Gasteiger partial charge in [-0.05, 0) is 42.5 Å². The SMILES string of the molecule is CCOc1ccc(C=C2SC(N3CCN(C(C)=O)CC3)=NC2=O)cc1. The molecule has 2 amide bonds. The van der Waals surface area contributed by atoms with Crippen molar-refractivity contribution in [2.45, 2.75) is 13.8 Å². The zero-order valence-electron chi connectivity index (χ0n) is 14.4. The standard InChI is InChI=1S/C18H21N3O3S/c1-3-24-15-6-4-14(5-7-15)12-16-17(23)19-18(25-16)21-10-8-20(9-11-21)13(2)22/h4-7,12H,3,8-11H2,1-2H3. The van der Waals surface area contributed by atoms with Crippen LogP contribution < -0.4 is 4.74 Å². The fourth-order valence-corrected chi connectivity index (χ4v) is 3.69. The van der Waals surface area contributed by atoms with Crippen molar-refractivity contribution in [3.8, 4) is 5.75 Å². The molecule has 7 heteroatoms. The number of amidine groups is 1. The van der Waals surface area contributed by atoms with Crippen molar-refractivity contribution in [1.29, 1.82) is 0 Å². The van der Waals surface area contributed by atoms with E-state index < -0.39 is 0 Å². The molecule has 0 aromatic heterocycles. The number of carbonyl (C=O) groups excluding carboxylic acids is 2. The van der Waals surface area contributed by atoms with Crippen LogP contribution in [0.3, 0.4) is 0 Å². The van der Waals surface area contributed by atoms with E-state index in [-0.39, 0.29) is 11.8 Å². The van der Waals surface area contributed by atoms with Gasteiger partial charge in [-0.2, -0.15) is 4.99 Å². The average molecular weight is 359 g/mol. The molecule has 25 heavy (non-hydrogen) atoms. The largest absolute Gasteiger partial charge is 0.494 e. The van der Waals surface area contributed by atoms with Crippen molar-refractivity contribution < 1.29 is 14.3 Å². The van der Waals surface area contributed by atoms with Gasteiger partial charge in [0.15, 0.2) is 5.17 Å². The number of hydrogen-bond acceptors (Lipinski definition) is 5. The van der Waals surface area contributed by atoms with Gasteiger partial charge >= 0.3 is 0 Å². The van der Waals surface area contributed by atoms with Crippen LogP contribution >= 0.6 is 11.8 Å². The first-order valence-electron chi connectivity index (χ1n) is 8.32. The summed E-state index contributed by atoms with van der Waals surface area (Å²) in [5.74, 6) is 0.700. The Bertz CT molecular complexity index is 720. The van der Waals surface area contributed by atoms with Gasteiger partial charge in [-0.3, -0.25) is 9.59 Å². The number of piperazine rings is 1. The first-order chi connectivity index (χ1) is 12.1. The molecule has 1 aromatic rings. The monoisotopic (exact) mass is 359 g/mol. The quantitative estimate of drug-likeness (QED) is 0.775. The summed E-state index contributed by atoms with van der Waals surface area (Å²) in [5.41, 5.74) is 0.942. The molecule has 0 saturated carbocycles. The minimum Gasteiger partial charge on any atom is -0.494 e. The predicted molar refractivity (Wildman–Crippen MR) is 99.4 cm³/mol. The Morgan fingerprint density at radius 3 is 2.52 bits per heavy atom. The molecule has 0 unspecified atom stereocenters. The van der Waals surface area contributed by atoms with Crippen LogP contribution in [0.5, 0.6) is 5.75 Å². The van der Waals surface area contributed by atoms with Crippen LogP contribution in [0.2, 0.25) is 0 Å². The third kappa shape index (κ3) is 4.22. The van der Waals surface area contributed by atoms with Crippen LogP contribution in [0, 0.1) is 0 Å².